The van der Waals surface area contributed by atoms with Gasteiger partial charge >= 0.3 is 18.9 Å². The van der Waals surface area contributed by atoms with Crippen molar-refractivity contribution in [1.29, 1.82) is 0 Å². The van der Waals surface area contributed by atoms with Crippen LogP contribution in [-0.2, 0) is 16.9 Å². The number of aliphatic hydroxyl groups is 1. The number of benzene rings is 1. The van der Waals surface area contributed by atoms with Crippen LogP contribution in [0.2, 0.25) is 5.02 Å². The van der Waals surface area contributed by atoms with E-state index >= 15 is 0 Å². The van der Waals surface area contributed by atoms with Gasteiger partial charge in [0.05, 0.1) is 11.6 Å². The lowest BCUT2D eigenvalue weighted by molar-refractivity contribution is -0.362. The topological polar surface area (TPSA) is 69.4 Å². The zero-order valence-corrected chi connectivity index (χ0v) is 14.3. The summed E-state index contributed by atoms with van der Waals surface area (Å²) in [4.78, 5) is 3.48. The van der Waals surface area contributed by atoms with E-state index in [1.165, 1.54) is 0 Å². The minimum atomic E-state index is -5.11. The molecule has 14 heteroatoms. The molecule has 1 N–H and O–H groups in total. The molecular weight excluding hydrogens is 427 g/mol. The lowest BCUT2D eigenvalue weighted by Crippen LogP contribution is -2.51. The third-order valence-corrected chi connectivity index (χ3v) is 3.68. The van der Waals surface area contributed by atoms with Gasteiger partial charge in [0.25, 0.3) is 0 Å². The van der Waals surface area contributed by atoms with Gasteiger partial charge in [0.15, 0.2) is 0 Å². The maximum absolute atomic E-state index is 14.5. The summed E-state index contributed by atoms with van der Waals surface area (Å²) in [7, 11) is 0. The molecular formula is C14H11ClF7N3O3. The summed E-state index contributed by atoms with van der Waals surface area (Å²) in [5, 5.41) is 13.4. The summed E-state index contributed by atoms with van der Waals surface area (Å²) in [6, 6.07) is 2.16. The van der Waals surface area contributed by atoms with Crippen LogP contribution in [0.5, 0.6) is 5.75 Å². The Morgan fingerprint density at radius 2 is 1.86 bits per heavy atom. The molecule has 0 spiro atoms. The summed E-state index contributed by atoms with van der Waals surface area (Å²) in [5.41, 5.74) is -4.27. The maximum atomic E-state index is 14.5. The SMILES string of the molecule is OC(Cn1cncn1)(c1ccc(OC(F)F)cc1Cl)C(F)(F)OCC(F)(F)F. The Kier molecular flexibility index (Phi) is 6.41. The van der Waals surface area contributed by atoms with Crippen molar-refractivity contribution in [3.8, 4) is 5.75 Å². The molecule has 6 nitrogen and oxygen atoms in total. The highest BCUT2D eigenvalue weighted by Crippen LogP contribution is 2.44. The highest BCUT2D eigenvalue weighted by molar-refractivity contribution is 6.31. The first-order valence-electron chi connectivity index (χ1n) is 7.22. The summed E-state index contributed by atoms with van der Waals surface area (Å²) in [5.74, 6) is -0.522. The van der Waals surface area contributed by atoms with Gasteiger partial charge in [-0.2, -0.15) is 35.8 Å². The predicted octanol–water partition coefficient (Wildman–Crippen LogP) is 3.59. The zero-order valence-electron chi connectivity index (χ0n) is 13.5. The Morgan fingerprint density at radius 3 is 2.36 bits per heavy atom. The molecule has 0 saturated carbocycles. The maximum Gasteiger partial charge on any atom is 0.412 e. The fraction of sp³-hybridized carbons (Fsp3) is 0.429. The van der Waals surface area contributed by atoms with Gasteiger partial charge in [0.1, 0.15) is 25.0 Å². The fourth-order valence-corrected chi connectivity index (χ4v) is 2.51. The molecule has 0 aliphatic heterocycles. The van der Waals surface area contributed by atoms with E-state index < -0.39 is 54.0 Å². The summed E-state index contributed by atoms with van der Waals surface area (Å²) in [6.07, 6.45) is -8.09. The van der Waals surface area contributed by atoms with Crippen molar-refractivity contribution >= 4 is 11.6 Å². The van der Waals surface area contributed by atoms with Crippen LogP contribution in [0.15, 0.2) is 30.9 Å². The van der Waals surface area contributed by atoms with E-state index in [0.717, 1.165) is 18.7 Å². The number of hydrogen-bond acceptors (Lipinski definition) is 5. The van der Waals surface area contributed by atoms with Crippen molar-refractivity contribution in [3.05, 3.63) is 41.4 Å². The lowest BCUT2D eigenvalue weighted by atomic mass is 9.92. The first kappa shape index (κ1) is 22.2. The number of nitrogens with zero attached hydrogens (tertiary/aromatic N) is 3. The molecule has 0 saturated heterocycles. The second-order valence-electron chi connectivity index (χ2n) is 5.39. The Labute approximate surface area is 157 Å². The third-order valence-electron chi connectivity index (χ3n) is 3.37. The van der Waals surface area contributed by atoms with Crippen LogP contribution in [0.3, 0.4) is 0 Å². The number of alkyl halides is 7. The standard InChI is InChI=1S/C14H11ClF7N3O3/c15-10-3-8(28-11(16)17)1-2-9(10)12(26,4-25-7-23-6-24-25)14(21,22)27-5-13(18,19)20/h1-3,6-7,11,26H,4-5H2. The monoisotopic (exact) mass is 437 g/mol. The number of rotatable bonds is 8. The van der Waals surface area contributed by atoms with Gasteiger partial charge in [-0.15, -0.1) is 0 Å². The Bertz CT molecular complexity index is 789. The van der Waals surface area contributed by atoms with Crippen molar-refractivity contribution in [1.82, 2.24) is 14.8 Å². The zero-order chi connectivity index (χ0) is 21.2. The van der Waals surface area contributed by atoms with E-state index in [4.69, 9.17) is 11.6 Å². The fourth-order valence-electron chi connectivity index (χ4n) is 2.18. The minimum absolute atomic E-state index is 0.522. The number of hydrogen-bond donors (Lipinski definition) is 1. The molecule has 0 aliphatic carbocycles. The highest BCUT2D eigenvalue weighted by atomic mass is 35.5. The lowest BCUT2D eigenvalue weighted by Gasteiger charge is -2.36. The largest absolute Gasteiger partial charge is 0.435 e. The van der Waals surface area contributed by atoms with E-state index in [9.17, 15) is 35.8 Å². The van der Waals surface area contributed by atoms with E-state index in [1.807, 2.05) is 0 Å². The van der Waals surface area contributed by atoms with Crippen molar-refractivity contribution in [2.24, 2.45) is 0 Å². The molecule has 1 heterocycles. The minimum Gasteiger partial charge on any atom is -0.435 e. The van der Waals surface area contributed by atoms with Gasteiger partial charge in [-0.25, -0.2) is 9.67 Å². The smallest absolute Gasteiger partial charge is 0.412 e. The highest BCUT2D eigenvalue weighted by Gasteiger charge is 2.58. The van der Waals surface area contributed by atoms with Crippen molar-refractivity contribution in [2.75, 3.05) is 6.61 Å². The second-order valence-corrected chi connectivity index (χ2v) is 5.80. The molecule has 1 aromatic heterocycles. The van der Waals surface area contributed by atoms with E-state index in [0.29, 0.717) is 16.8 Å². The average molecular weight is 438 g/mol. The average Bonchev–Trinajstić information content (AvgIpc) is 3.04. The van der Waals surface area contributed by atoms with Crippen molar-refractivity contribution in [3.63, 3.8) is 0 Å². The van der Waals surface area contributed by atoms with Crippen LogP contribution in [-0.4, -0.2) is 45.4 Å². The predicted molar refractivity (Wildman–Crippen MR) is 79.0 cm³/mol. The Balaban J connectivity index is 2.46. The van der Waals surface area contributed by atoms with Crippen LogP contribution in [0.25, 0.3) is 0 Å². The number of halogens is 8. The molecule has 0 radical (unpaired) electrons. The quantitative estimate of drug-likeness (QED) is 0.639. The number of ether oxygens (including phenoxy) is 2. The molecule has 28 heavy (non-hydrogen) atoms. The number of aromatic nitrogens is 3. The summed E-state index contributed by atoms with van der Waals surface area (Å²) < 4.78 is 98.9. The summed E-state index contributed by atoms with van der Waals surface area (Å²) >= 11 is 5.79. The van der Waals surface area contributed by atoms with Crippen LogP contribution < -0.4 is 4.74 Å². The van der Waals surface area contributed by atoms with Crippen LogP contribution in [0, 0.1) is 0 Å². The Hall–Kier alpha value is -2.12. The van der Waals surface area contributed by atoms with Gasteiger partial charge in [-0.1, -0.05) is 17.7 Å². The molecule has 0 fully saturated rings. The first-order chi connectivity index (χ1) is 12.8. The van der Waals surface area contributed by atoms with Crippen LogP contribution >= 0.6 is 11.6 Å². The molecule has 1 aromatic carbocycles. The van der Waals surface area contributed by atoms with Crippen molar-refractivity contribution in [2.45, 2.75) is 31.0 Å². The van der Waals surface area contributed by atoms with Gasteiger partial charge in [-0.3, -0.25) is 0 Å². The molecule has 2 rings (SSSR count). The second kappa shape index (κ2) is 8.09. The molecule has 0 bridgehead atoms. The first-order valence-corrected chi connectivity index (χ1v) is 7.60. The Morgan fingerprint density at radius 1 is 1.18 bits per heavy atom. The van der Waals surface area contributed by atoms with E-state index in [2.05, 4.69) is 19.6 Å². The molecule has 2 aromatic rings. The molecule has 1 atom stereocenters. The van der Waals surface area contributed by atoms with Gasteiger partial charge in [0.2, 0.25) is 5.60 Å². The molecule has 156 valence electrons. The van der Waals surface area contributed by atoms with Gasteiger partial charge in [0, 0.05) is 5.56 Å². The van der Waals surface area contributed by atoms with Crippen molar-refractivity contribution < 1.29 is 45.3 Å². The molecule has 0 aliphatic rings. The van der Waals surface area contributed by atoms with E-state index in [-0.39, 0.29) is 0 Å². The van der Waals surface area contributed by atoms with E-state index in [1.54, 1.807) is 0 Å². The normalized spacial score (nSPS) is 14.9. The summed E-state index contributed by atoms with van der Waals surface area (Å²) in [6.45, 7) is -6.73. The van der Waals surface area contributed by atoms with Crippen LogP contribution in [0.4, 0.5) is 30.7 Å². The van der Waals surface area contributed by atoms with Gasteiger partial charge < -0.3 is 14.6 Å². The molecule has 0 amide bonds. The van der Waals surface area contributed by atoms with Gasteiger partial charge in [-0.05, 0) is 12.1 Å². The molecule has 1 unspecified atom stereocenters. The van der Waals surface area contributed by atoms with Crippen LogP contribution in [0.1, 0.15) is 5.56 Å². The third kappa shape index (κ3) is 5.23.